The van der Waals surface area contributed by atoms with Gasteiger partial charge < -0.3 is 19.5 Å². The van der Waals surface area contributed by atoms with E-state index in [9.17, 15) is 19.2 Å². The van der Waals surface area contributed by atoms with Crippen LogP contribution in [0.5, 0.6) is 0 Å². The van der Waals surface area contributed by atoms with E-state index in [2.05, 4.69) is 16.2 Å². The Morgan fingerprint density at radius 3 is 2.35 bits per heavy atom. The third-order valence-corrected chi connectivity index (χ3v) is 7.29. The van der Waals surface area contributed by atoms with Gasteiger partial charge in [0.15, 0.2) is 0 Å². The third-order valence-electron chi connectivity index (χ3n) is 7.29. The average Bonchev–Trinajstić information content (AvgIpc) is 3.54. The monoisotopic (exact) mass is 545 g/mol. The van der Waals surface area contributed by atoms with Gasteiger partial charge in [-0.2, -0.15) is 0 Å². The van der Waals surface area contributed by atoms with Crippen molar-refractivity contribution in [3.8, 4) is 5.69 Å². The molecule has 2 aromatic carbocycles. The van der Waals surface area contributed by atoms with E-state index in [-0.39, 0.29) is 17.4 Å². The molecule has 3 N–H and O–H groups in total. The van der Waals surface area contributed by atoms with Crippen LogP contribution in [-0.2, 0) is 22.4 Å². The van der Waals surface area contributed by atoms with E-state index in [0.29, 0.717) is 30.6 Å². The van der Waals surface area contributed by atoms with Crippen LogP contribution < -0.4 is 16.2 Å². The normalized spacial score (nSPS) is 15.8. The number of aromatic nitrogens is 1. The van der Waals surface area contributed by atoms with Crippen molar-refractivity contribution in [1.82, 2.24) is 25.6 Å². The zero-order valence-corrected chi connectivity index (χ0v) is 23.5. The van der Waals surface area contributed by atoms with Crippen molar-refractivity contribution in [3.63, 3.8) is 0 Å². The van der Waals surface area contributed by atoms with Crippen LogP contribution in [0.25, 0.3) is 16.6 Å². The number of alkyl carbamates (subject to hydrolysis) is 1. The summed E-state index contributed by atoms with van der Waals surface area (Å²) in [5, 5.41) is 3.88. The molecule has 1 aliphatic carbocycles. The Morgan fingerprint density at radius 1 is 1.02 bits per heavy atom. The largest absolute Gasteiger partial charge is 0.444 e. The van der Waals surface area contributed by atoms with E-state index in [0.717, 1.165) is 40.6 Å². The molecule has 1 aliphatic heterocycles. The number of ether oxygens (including phenoxy) is 1. The molecule has 0 unspecified atom stereocenters. The van der Waals surface area contributed by atoms with Crippen LogP contribution in [0.2, 0.25) is 0 Å². The first-order valence-corrected chi connectivity index (χ1v) is 13.5. The van der Waals surface area contributed by atoms with Crippen molar-refractivity contribution >= 4 is 34.7 Å². The van der Waals surface area contributed by atoms with Gasteiger partial charge in [0.05, 0.1) is 5.52 Å². The molecule has 0 atom stereocenters. The molecule has 1 aromatic heterocycles. The van der Waals surface area contributed by atoms with Crippen molar-refractivity contribution in [3.05, 3.63) is 64.8 Å². The minimum absolute atomic E-state index is 0.0794. The van der Waals surface area contributed by atoms with Crippen molar-refractivity contribution in [2.75, 3.05) is 13.6 Å². The van der Waals surface area contributed by atoms with Gasteiger partial charge in [0.2, 0.25) is 5.91 Å². The predicted molar refractivity (Wildman–Crippen MR) is 150 cm³/mol. The Kier molecular flexibility index (Phi) is 6.81. The van der Waals surface area contributed by atoms with Gasteiger partial charge in [-0.3, -0.25) is 25.2 Å². The number of nitrogens with zero attached hydrogens (tertiary/aromatic N) is 2. The second kappa shape index (κ2) is 10.0. The van der Waals surface area contributed by atoms with E-state index < -0.39 is 17.6 Å². The number of nitrogens with one attached hydrogen (secondary N) is 3. The maximum absolute atomic E-state index is 13.4. The number of hydrazine groups is 1. The van der Waals surface area contributed by atoms with Crippen molar-refractivity contribution in [2.45, 2.75) is 64.5 Å². The van der Waals surface area contributed by atoms with Gasteiger partial charge in [0.25, 0.3) is 11.8 Å². The van der Waals surface area contributed by atoms with Gasteiger partial charge in [-0.15, -0.1) is 0 Å². The maximum Gasteiger partial charge on any atom is 0.408 e. The van der Waals surface area contributed by atoms with Crippen LogP contribution in [0.15, 0.2) is 42.5 Å². The fraction of sp³-hybridized carbons (Fsp3) is 0.400. The highest BCUT2D eigenvalue weighted by Crippen LogP contribution is 2.39. The van der Waals surface area contributed by atoms with Gasteiger partial charge in [-0.05, 0) is 87.9 Å². The Hall–Kier alpha value is -4.34. The molecule has 0 radical (unpaired) electrons. The van der Waals surface area contributed by atoms with Gasteiger partial charge in [-0.25, -0.2) is 4.79 Å². The average molecular weight is 546 g/mol. The molecule has 0 saturated heterocycles. The van der Waals surface area contributed by atoms with Crippen molar-refractivity contribution < 1.29 is 23.9 Å². The van der Waals surface area contributed by atoms with Gasteiger partial charge in [0, 0.05) is 42.7 Å². The number of hydrogen-bond donors (Lipinski definition) is 3. The SMILES string of the molecule is CC(=O)NNC(=O)c1ccc2c(c1)c1c(n2-c2ccc(CC3(NC(=O)OC(C)(C)C)CC3)cc2)C(=O)N(C)CC1. The summed E-state index contributed by atoms with van der Waals surface area (Å²) in [6, 6.07) is 13.3. The van der Waals surface area contributed by atoms with Gasteiger partial charge in [-0.1, -0.05) is 12.1 Å². The number of amides is 4. The fourth-order valence-corrected chi connectivity index (χ4v) is 5.19. The minimum atomic E-state index is -0.554. The number of benzene rings is 2. The maximum atomic E-state index is 13.4. The van der Waals surface area contributed by atoms with E-state index in [1.807, 2.05) is 55.7 Å². The van der Waals surface area contributed by atoms with Crippen molar-refractivity contribution in [2.24, 2.45) is 0 Å². The van der Waals surface area contributed by atoms with Crippen LogP contribution in [0, 0.1) is 0 Å². The lowest BCUT2D eigenvalue weighted by Crippen LogP contribution is -2.41. The Bertz CT molecular complexity index is 1510. The van der Waals surface area contributed by atoms with Crippen LogP contribution in [-0.4, -0.2) is 58.0 Å². The molecule has 1 saturated carbocycles. The molecule has 3 aromatic rings. The molecule has 0 spiro atoms. The van der Waals surface area contributed by atoms with E-state index in [1.165, 1.54) is 6.92 Å². The summed E-state index contributed by atoms with van der Waals surface area (Å²) in [7, 11) is 1.79. The molecule has 1 fully saturated rings. The van der Waals surface area contributed by atoms with Crippen LogP contribution in [0.1, 0.15) is 72.5 Å². The number of likely N-dealkylation sites (N-methyl/N-ethyl adjacent to an activating group) is 1. The quantitative estimate of drug-likeness (QED) is 0.423. The summed E-state index contributed by atoms with van der Waals surface area (Å²) in [6.07, 6.45) is 2.73. The molecule has 210 valence electrons. The molecule has 4 amide bonds. The lowest BCUT2D eigenvalue weighted by molar-refractivity contribution is -0.119. The Morgan fingerprint density at radius 2 is 1.73 bits per heavy atom. The second-order valence-electron chi connectivity index (χ2n) is 11.8. The smallest absolute Gasteiger partial charge is 0.408 e. The summed E-state index contributed by atoms with van der Waals surface area (Å²) >= 11 is 0. The number of carbonyl (C=O) groups excluding carboxylic acids is 4. The summed E-state index contributed by atoms with van der Waals surface area (Å²) in [5.74, 6) is -0.885. The number of rotatable bonds is 5. The summed E-state index contributed by atoms with van der Waals surface area (Å²) < 4.78 is 7.40. The third kappa shape index (κ3) is 5.52. The molecule has 40 heavy (non-hydrogen) atoms. The number of hydrogen-bond acceptors (Lipinski definition) is 5. The first-order valence-electron chi connectivity index (χ1n) is 13.5. The first-order chi connectivity index (χ1) is 18.9. The summed E-state index contributed by atoms with van der Waals surface area (Å²) in [4.78, 5) is 51.2. The lowest BCUT2D eigenvalue weighted by atomic mass is 10.0. The standard InChI is InChI=1S/C30H35N5O5/c1-18(36)32-33-26(37)20-8-11-24-23(16-20)22-12-15-34(5)27(38)25(22)35(24)21-9-6-19(7-10-21)17-30(13-14-30)31-28(39)40-29(2,3)4/h6-11,16H,12-15,17H2,1-5H3,(H,31,39)(H,32,36)(H,33,37). The van der Waals surface area contributed by atoms with Gasteiger partial charge >= 0.3 is 6.09 Å². The van der Waals surface area contributed by atoms with E-state index >= 15 is 0 Å². The van der Waals surface area contributed by atoms with Crippen LogP contribution in [0.3, 0.4) is 0 Å². The second-order valence-corrected chi connectivity index (χ2v) is 11.8. The molecule has 10 heteroatoms. The van der Waals surface area contributed by atoms with Gasteiger partial charge in [0.1, 0.15) is 11.3 Å². The molecule has 5 rings (SSSR count). The minimum Gasteiger partial charge on any atom is -0.444 e. The van der Waals surface area contributed by atoms with E-state index in [4.69, 9.17) is 4.74 Å². The topological polar surface area (TPSA) is 122 Å². The van der Waals surface area contributed by atoms with Crippen LogP contribution >= 0.6 is 0 Å². The lowest BCUT2D eigenvalue weighted by Gasteiger charge is -2.24. The first kappa shape index (κ1) is 27.2. The van der Waals surface area contributed by atoms with Crippen molar-refractivity contribution in [1.29, 1.82) is 0 Å². The number of carbonyl (C=O) groups is 4. The summed E-state index contributed by atoms with van der Waals surface area (Å²) in [5.41, 5.74) is 8.45. The summed E-state index contributed by atoms with van der Waals surface area (Å²) in [6.45, 7) is 7.43. The Labute approximate surface area is 233 Å². The zero-order valence-electron chi connectivity index (χ0n) is 23.5. The molecule has 2 heterocycles. The molecular formula is C30H35N5O5. The highest BCUT2D eigenvalue weighted by molar-refractivity contribution is 6.06. The zero-order chi connectivity index (χ0) is 28.8. The highest BCUT2D eigenvalue weighted by Gasteiger charge is 2.45. The molecular weight excluding hydrogens is 510 g/mol. The fourth-order valence-electron chi connectivity index (χ4n) is 5.19. The van der Waals surface area contributed by atoms with E-state index in [1.54, 1.807) is 24.1 Å². The highest BCUT2D eigenvalue weighted by atomic mass is 16.6. The molecule has 2 aliphatic rings. The predicted octanol–water partition coefficient (Wildman–Crippen LogP) is 3.64. The molecule has 0 bridgehead atoms. The molecule has 10 nitrogen and oxygen atoms in total. The number of fused-ring (bicyclic) bond motifs is 3. The Balaban J connectivity index is 1.45. The van der Waals surface area contributed by atoms with Crippen LogP contribution in [0.4, 0.5) is 4.79 Å².